The molecule has 1 aliphatic heterocycles. The van der Waals surface area contributed by atoms with Crippen LogP contribution in [0.5, 0.6) is 11.5 Å². The van der Waals surface area contributed by atoms with Gasteiger partial charge >= 0.3 is 0 Å². The van der Waals surface area contributed by atoms with Gasteiger partial charge < -0.3 is 19.4 Å². The number of imidazole rings is 1. The molecule has 1 aliphatic carbocycles. The lowest BCUT2D eigenvalue weighted by Gasteiger charge is -2.53. The van der Waals surface area contributed by atoms with Gasteiger partial charge in [0.1, 0.15) is 22.7 Å². The van der Waals surface area contributed by atoms with E-state index in [1.165, 1.54) is 11.9 Å². The van der Waals surface area contributed by atoms with E-state index in [-0.39, 0.29) is 5.41 Å². The van der Waals surface area contributed by atoms with Crippen molar-refractivity contribution < 1.29 is 9.47 Å². The van der Waals surface area contributed by atoms with Gasteiger partial charge in [-0.3, -0.25) is 9.67 Å². The van der Waals surface area contributed by atoms with Crippen LogP contribution in [0.2, 0.25) is 0 Å². The van der Waals surface area contributed by atoms with Crippen LogP contribution in [-0.2, 0) is 17.2 Å². The van der Waals surface area contributed by atoms with Crippen LogP contribution in [-0.4, -0.2) is 52.1 Å². The lowest BCUT2D eigenvalue weighted by molar-refractivity contribution is -0.176. The minimum Gasteiger partial charge on any atom is -0.450 e. The number of aryl methyl sites for hydroxylation is 1. The van der Waals surface area contributed by atoms with Crippen molar-refractivity contribution in [3.8, 4) is 17.6 Å². The third kappa shape index (κ3) is 3.72. The van der Waals surface area contributed by atoms with Crippen LogP contribution in [0.3, 0.4) is 0 Å². The van der Waals surface area contributed by atoms with E-state index >= 15 is 0 Å². The van der Waals surface area contributed by atoms with E-state index in [4.69, 9.17) is 14.6 Å². The topological polar surface area (TPSA) is 133 Å². The monoisotopic (exact) mass is 524 g/mol. The summed E-state index contributed by atoms with van der Waals surface area (Å²) < 4.78 is 17.2. The van der Waals surface area contributed by atoms with E-state index in [9.17, 15) is 5.26 Å². The third-order valence-corrected chi connectivity index (χ3v) is 7.73. The van der Waals surface area contributed by atoms with E-state index in [1.807, 2.05) is 11.6 Å². The Bertz CT molecular complexity index is 1770. The van der Waals surface area contributed by atoms with Gasteiger partial charge in [0.15, 0.2) is 23.0 Å². The SMILES string of the molecule is Cn1c(Nc2cc(C(C)(C)C)n(C3CC4(COC4)C3)n2)nc2ncc(Oc3cnn4ccncc34)c(C#N)c21. The Morgan fingerprint density at radius 2 is 2.00 bits per heavy atom. The maximum Gasteiger partial charge on any atom is 0.210 e. The maximum atomic E-state index is 10.1. The highest BCUT2D eigenvalue weighted by molar-refractivity contribution is 5.84. The lowest BCUT2D eigenvalue weighted by atomic mass is 9.64. The summed E-state index contributed by atoms with van der Waals surface area (Å²) in [5.74, 6) is 2.04. The molecule has 5 aromatic rings. The quantitative estimate of drug-likeness (QED) is 0.358. The Morgan fingerprint density at radius 3 is 2.72 bits per heavy atom. The second-order valence-electron chi connectivity index (χ2n) is 11.6. The molecule has 7 rings (SSSR count). The molecule has 1 spiro atoms. The van der Waals surface area contributed by atoms with Crippen molar-refractivity contribution >= 4 is 28.4 Å². The van der Waals surface area contributed by atoms with Crippen molar-refractivity contribution in [1.82, 2.24) is 38.9 Å². The number of nitrogens with one attached hydrogen (secondary N) is 1. The predicted molar refractivity (Wildman–Crippen MR) is 142 cm³/mol. The molecular formula is C27H28N10O2. The number of pyridine rings is 1. The molecule has 6 heterocycles. The highest BCUT2D eigenvalue weighted by Gasteiger charge is 2.51. The van der Waals surface area contributed by atoms with Crippen molar-refractivity contribution in [2.24, 2.45) is 12.5 Å². The van der Waals surface area contributed by atoms with Crippen LogP contribution in [0.4, 0.5) is 11.8 Å². The highest BCUT2D eigenvalue weighted by atomic mass is 16.5. The number of aromatic nitrogens is 8. The van der Waals surface area contributed by atoms with Gasteiger partial charge in [-0.1, -0.05) is 20.8 Å². The lowest BCUT2D eigenvalue weighted by Crippen LogP contribution is -2.53. The number of nitriles is 1. The first-order valence-corrected chi connectivity index (χ1v) is 12.9. The molecule has 1 saturated heterocycles. The maximum absolute atomic E-state index is 10.1. The van der Waals surface area contributed by atoms with Crippen LogP contribution < -0.4 is 10.1 Å². The van der Waals surface area contributed by atoms with Crippen molar-refractivity contribution in [2.75, 3.05) is 18.5 Å². The second kappa shape index (κ2) is 8.25. The molecule has 0 radical (unpaired) electrons. The number of ether oxygens (including phenoxy) is 2. The van der Waals surface area contributed by atoms with Crippen LogP contribution >= 0.6 is 0 Å². The molecule has 0 amide bonds. The van der Waals surface area contributed by atoms with Crippen molar-refractivity contribution in [1.29, 1.82) is 5.26 Å². The largest absolute Gasteiger partial charge is 0.450 e. The Morgan fingerprint density at radius 1 is 1.18 bits per heavy atom. The third-order valence-electron chi connectivity index (χ3n) is 7.73. The van der Waals surface area contributed by atoms with Gasteiger partial charge in [0.05, 0.1) is 37.8 Å². The van der Waals surface area contributed by atoms with Gasteiger partial charge in [-0.25, -0.2) is 9.50 Å². The summed E-state index contributed by atoms with van der Waals surface area (Å²) in [5, 5.41) is 22.7. The molecule has 0 atom stereocenters. The molecule has 0 unspecified atom stereocenters. The molecule has 2 fully saturated rings. The minimum absolute atomic E-state index is 0.0758. The van der Waals surface area contributed by atoms with E-state index in [1.54, 1.807) is 29.3 Å². The first-order valence-electron chi connectivity index (χ1n) is 12.9. The summed E-state index contributed by atoms with van der Waals surface area (Å²) in [5.41, 5.74) is 3.44. The molecule has 5 aromatic heterocycles. The Kier molecular flexibility index (Phi) is 4.99. The van der Waals surface area contributed by atoms with E-state index in [0.29, 0.717) is 57.0 Å². The van der Waals surface area contributed by atoms with Gasteiger partial charge in [-0.05, 0) is 12.8 Å². The number of anilines is 2. The predicted octanol–water partition coefficient (Wildman–Crippen LogP) is 4.26. The fourth-order valence-electron chi connectivity index (χ4n) is 5.61. The fourth-order valence-corrected chi connectivity index (χ4v) is 5.61. The molecular weight excluding hydrogens is 496 g/mol. The van der Waals surface area contributed by atoms with Crippen LogP contribution in [0.1, 0.15) is 50.9 Å². The molecule has 198 valence electrons. The molecule has 0 bridgehead atoms. The molecule has 1 N–H and O–H groups in total. The first kappa shape index (κ1) is 23.6. The van der Waals surface area contributed by atoms with Crippen molar-refractivity contribution in [2.45, 2.75) is 45.1 Å². The summed E-state index contributed by atoms with van der Waals surface area (Å²) in [6, 6.07) is 4.73. The van der Waals surface area contributed by atoms with E-state index < -0.39 is 0 Å². The molecule has 39 heavy (non-hydrogen) atoms. The average Bonchev–Trinajstić information content (AvgIpc) is 3.54. The van der Waals surface area contributed by atoms with Gasteiger partial charge in [0, 0.05) is 42.0 Å². The summed E-state index contributed by atoms with van der Waals surface area (Å²) >= 11 is 0. The van der Waals surface area contributed by atoms with Crippen LogP contribution in [0, 0.1) is 16.7 Å². The highest BCUT2D eigenvalue weighted by Crippen LogP contribution is 2.53. The second-order valence-corrected chi connectivity index (χ2v) is 11.6. The Labute approximate surface area is 224 Å². The zero-order chi connectivity index (χ0) is 26.9. The van der Waals surface area contributed by atoms with E-state index in [2.05, 4.69) is 63.0 Å². The van der Waals surface area contributed by atoms with Gasteiger partial charge in [-0.2, -0.15) is 20.4 Å². The zero-order valence-corrected chi connectivity index (χ0v) is 22.2. The van der Waals surface area contributed by atoms with Crippen LogP contribution in [0.15, 0.2) is 37.1 Å². The summed E-state index contributed by atoms with van der Waals surface area (Å²) in [4.78, 5) is 13.3. The molecule has 0 aromatic carbocycles. The smallest absolute Gasteiger partial charge is 0.210 e. The molecule has 12 heteroatoms. The van der Waals surface area contributed by atoms with E-state index in [0.717, 1.165) is 26.1 Å². The number of nitrogens with zero attached hydrogens (tertiary/aromatic N) is 9. The normalized spacial score (nSPS) is 16.8. The fraction of sp³-hybridized carbons (Fsp3) is 0.407. The number of hydrogen-bond acceptors (Lipinski definition) is 9. The van der Waals surface area contributed by atoms with Crippen molar-refractivity contribution in [3.05, 3.63) is 48.3 Å². The zero-order valence-electron chi connectivity index (χ0n) is 22.2. The van der Waals surface area contributed by atoms with Crippen LogP contribution in [0.25, 0.3) is 16.7 Å². The minimum atomic E-state index is -0.0758. The number of hydrogen-bond donors (Lipinski definition) is 1. The molecule has 2 aliphatic rings. The number of rotatable bonds is 5. The molecule has 12 nitrogen and oxygen atoms in total. The van der Waals surface area contributed by atoms with Crippen molar-refractivity contribution in [3.63, 3.8) is 0 Å². The molecule has 1 saturated carbocycles. The summed E-state index contributed by atoms with van der Waals surface area (Å²) in [6.45, 7) is 8.31. The standard InChI is InChI=1S/C27H28N10O2/c1-26(2,3)21-7-22(34-37(21)16-8-27(9-16)14-38-15-27)32-25-33-24-23(35(25)4)17(10-28)19(12-30-24)39-20-13-31-36-6-5-29-11-18(20)36/h5-7,11-13,16H,8-9,14-15H2,1-4H3,(H,30,32,33,34). The first-order chi connectivity index (χ1) is 18.7. The average molecular weight is 525 g/mol. The van der Waals surface area contributed by atoms with Gasteiger partial charge in [-0.15, -0.1) is 0 Å². The Hall–Kier alpha value is -4.50. The summed E-state index contributed by atoms with van der Waals surface area (Å²) in [6.07, 6.45) is 10.3. The summed E-state index contributed by atoms with van der Waals surface area (Å²) in [7, 11) is 1.84. The Balaban J connectivity index is 1.22. The van der Waals surface area contributed by atoms with Gasteiger partial charge in [0.2, 0.25) is 5.95 Å². The number of fused-ring (bicyclic) bond motifs is 2. The van der Waals surface area contributed by atoms with Gasteiger partial charge in [0.25, 0.3) is 0 Å².